The van der Waals surface area contributed by atoms with Crippen molar-refractivity contribution in [3.63, 3.8) is 0 Å². The predicted molar refractivity (Wildman–Crippen MR) is 106 cm³/mol. The highest BCUT2D eigenvalue weighted by Gasteiger charge is 2.12. The number of hydrogen-bond acceptors (Lipinski definition) is 0. The molecular formula is C22H48BrN. The molecule has 1 nitrogen and oxygen atoms in total. The van der Waals surface area contributed by atoms with Gasteiger partial charge in [0.1, 0.15) is 0 Å². The quantitative estimate of drug-likeness (QED) is 0.334. The number of unbranched alkanes of at least 4 members (excludes halogenated alkanes) is 13. The Morgan fingerprint density at radius 2 is 0.875 bits per heavy atom. The molecule has 0 aromatic rings. The normalized spacial score (nSPS) is 12.4. The Kier molecular flexibility index (Phi) is 23.9. The molecule has 0 aliphatic heterocycles. The molecule has 2 heteroatoms. The first kappa shape index (κ1) is 26.7. The molecule has 0 spiro atoms. The van der Waals surface area contributed by atoms with Crippen molar-refractivity contribution in [1.82, 2.24) is 0 Å². The highest BCUT2D eigenvalue weighted by atomic mass is 79.9. The van der Waals surface area contributed by atoms with Crippen LogP contribution in [-0.2, 0) is 0 Å². The summed E-state index contributed by atoms with van der Waals surface area (Å²) < 4.78 is 0. The second kappa shape index (κ2) is 21.5. The molecule has 1 unspecified atom stereocenters. The number of quaternary nitrogens is 1. The van der Waals surface area contributed by atoms with E-state index in [1.165, 1.54) is 109 Å². The van der Waals surface area contributed by atoms with Gasteiger partial charge in [-0.3, -0.25) is 0 Å². The van der Waals surface area contributed by atoms with Gasteiger partial charge in [-0.25, -0.2) is 0 Å². The SMILES string of the molecule is CCCCCCCCCCCCCCCC[NH+](C)C(CC)CC.[Br-]. The predicted octanol–water partition coefficient (Wildman–Crippen LogP) is 3.18. The lowest BCUT2D eigenvalue weighted by molar-refractivity contribution is -0.906. The summed E-state index contributed by atoms with van der Waals surface area (Å²) in [4.78, 5) is 1.76. The summed E-state index contributed by atoms with van der Waals surface area (Å²) in [6.45, 7) is 8.35. The first-order valence-corrected chi connectivity index (χ1v) is 11.1. The molecule has 1 atom stereocenters. The van der Waals surface area contributed by atoms with Crippen molar-refractivity contribution in [2.24, 2.45) is 0 Å². The molecule has 0 rings (SSSR count). The van der Waals surface area contributed by atoms with Crippen LogP contribution in [0.25, 0.3) is 0 Å². The molecule has 0 radical (unpaired) electrons. The van der Waals surface area contributed by atoms with Crippen molar-refractivity contribution in [3.8, 4) is 0 Å². The van der Waals surface area contributed by atoms with Crippen molar-refractivity contribution in [3.05, 3.63) is 0 Å². The van der Waals surface area contributed by atoms with Crippen LogP contribution in [0.3, 0.4) is 0 Å². The first-order chi connectivity index (χ1) is 11.3. The van der Waals surface area contributed by atoms with Crippen LogP contribution < -0.4 is 21.9 Å². The maximum absolute atomic E-state index is 2.39. The van der Waals surface area contributed by atoms with Gasteiger partial charge in [-0.05, 0) is 25.7 Å². The minimum Gasteiger partial charge on any atom is -1.00 e. The van der Waals surface area contributed by atoms with E-state index in [9.17, 15) is 0 Å². The van der Waals surface area contributed by atoms with Gasteiger partial charge in [-0.15, -0.1) is 0 Å². The molecule has 0 aromatic carbocycles. The summed E-state index contributed by atoms with van der Waals surface area (Å²) in [5, 5.41) is 0. The molecule has 0 heterocycles. The van der Waals surface area contributed by atoms with Crippen LogP contribution in [0.4, 0.5) is 0 Å². The van der Waals surface area contributed by atoms with Crippen LogP contribution in [0.2, 0.25) is 0 Å². The zero-order valence-corrected chi connectivity index (χ0v) is 19.1. The van der Waals surface area contributed by atoms with Crippen molar-refractivity contribution in [2.75, 3.05) is 13.6 Å². The van der Waals surface area contributed by atoms with Gasteiger partial charge in [-0.2, -0.15) is 0 Å². The fraction of sp³-hybridized carbons (Fsp3) is 1.00. The van der Waals surface area contributed by atoms with Crippen LogP contribution in [0.15, 0.2) is 0 Å². The molecule has 0 aliphatic rings. The molecule has 0 bridgehead atoms. The number of halogens is 1. The van der Waals surface area contributed by atoms with Gasteiger partial charge in [0, 0.05) is 0 Å². The van der Waals surface area contributed by atoms with Gasteiger partial charge in [0.05, 0.1) is 19.6 Å². The summed E-state index contributed by atoms with van der Waals surface area (Å²) in [6, 6.07) is 0.886. The summed E-state index contributed by atoms with van der Waals surface area (Å²) in [6.07, 6.45) is 23.1. The van der Waals surface area contributed by atoms with E-state index in [-0.39, 0.29) is 17.0 Å². The van der Waals surface area contributed by atoms with E-state index in [1.54, 1.807) is 4.90 Å². The van der Waals surface area contributed by atoms with Crippen molar-refractivity contribution in [2.45, 2.75) is 130 Å². The Hall–Kier alpha value is 0.440. The first-order valence-electron chi connectivity index (χ1n) is 11.1. The van der Waals surface area contributed by atoms with Crippen LogP contribution in [0.1, 0.15) is 124 Å². The summed E-state index contributed by atoms with van der Waals surface area (Å²) in [5.41, 5.74) is 0. The molecular weight excluding hydrogens is 358 g/mol. The minimum atomic E-state index is 0. The number of nitrogens with one attached hydrogen (secondary N) is 1. The van der Waals surface area contributed by atoms with E-state index in [2.05, 4.69) is 27.8 Å². The molecule has 0 fully saturated rings. The van der Waals surface area contributed by atoms with Crippen molar-refractivity contribution in [1.29, 1.82) is 0 Å². The molecule has 0 aliphatic carbocycles. The fourth-order valence-corrected chi connectivity index (χ4v) is 3.79. The van der Waals surface area contributed by atoms with Gasteiger partial charge in [-0.1, -0.05) is 97.8 Å². The van der Waals surface area contributed by atoms with Crippen LogP contribution in [-0.4, -0.2) is 19.6 Å². The third-order valence-corrected chi connectivity index (χ3v) is 5.61. The van der Waals surface area contributed by atoms with E-state index in [4.69, 9.17) is 0 Å². The topological polar surface area (TPSA) is 4.44 Å². The van der Waals surface area contributed by atoms with Crippen molar-refractivity contribution >= 4 is 0 Å². The molecule has 24 heavy (non-hydrogen) atoms. The molecule has 0 saturated heterocycles. The Morgan fingerprint density at radius 1 is 0.542 bits per heavy atom. The second-order valence-corrected chi connectivity index (χ2v) is 7.71. The summed E-state index contributed by atoms with van der Waals surface area (Å²) >= 11 is 0. The van der Waals surface area contributed by atoms with E-state index in [0.29, 0.717) is 0 Å². The lowest BCUT2D eigenvalue weighted by Crippen LogP contribution is -3.12. The molecule has 148 valence electrons. The molecule has 0 amide bonds. The Balaban J connectivity index is 0. The summed E-state index contributed by atoms with van der Waals surface area (Å²) in [7, 11) is 2.39. The fourth-order valence-electron chi connectivity index (χ4n) is 3.79. The van der Waals surface area contributed by atoms with Gasteiger partial charge in [0.15, 0.2) is 0 Å². The Labute approximate surface area is 165 Å². The smallest absolute Gasteiger partial charge is 0.0867 e. The van der Waals surface area contributed by atoms with Gasteiger partial charge in [0.25, 0.3) is 0 Å². The molecule has 0 aromatic heterocycles. The maximum atomic E-state index is 2.39. The van der Waals surface area contributed by atoms with Gasteiger partial charge in [0.2, 0.25) is 0 Å². The third kappa shape index (κ3) is 17.3. The van der Waals surface area contributed by atoms with Crippen LogP contribution in [0.5, 0.6) is 0 Å². The monoisotopic (exact) mass is 405 g/mol. The lowest BCUT2D eigenvalue weighted by Gasteiger charge is -2.22. The largest absolute Gasteiger partial charge is 1.00 e. The van der Waals surface area contributed by atoms with Crippen LogP contribution in [0, 0.1) is 0 Å². The van der Waals surface area contributed by atoms with E-state index in [0.717, 1.165) is 6.04 Å². The average Bonchev–Trinajstić information content (AvgIpc) is 2.56. The highest BCUT2D eigenvalue weighted by molar-refractivity contribution is 4.50. The van der Waals surface area contributed by atoms with E-state index < -0.39 is 0 Å². The summed E-state index contributed by atoms with van der Waals surface area (Å²) in [5.74, 6) is 0. The third-order valence-electron chi connectivity index (χ3n) is 5.61. The van der Waals surface area contributed by atoms with Crippen LogP contribution >= 0.6 is 0 Å². The molecule has 1 N–H and O–H groups in total. The van der Waals surface area contributed by atoms with Gasteiger partial charge < -0.3 is 21.9 Å². The zero-order valence-electron chi connectivity index (χ0n) is 17.5. The maximum Gasteiger partial charge on any atom is 0.0867 e. The van der Waals surface area contributed by atoms with E-state index in [1.807, 2.05) is 0 Å². The van der Waals surface area contributed by atoms with Crippen molar-refractivity contribution < 1.29 is 21.9 Å². The lowest BCUT2D eigenvalue weighted by atomic mass is 10.0. The van der Waals surface area contributed by atoms with Gasteiger partial charge >= 0.3 is 0 Å². The number of hydrogen-bond donors (Lipinski definition) is 1. The Morgan fingerprint density at radius 3 is 1.21 bits per heavy atom. The minimum absolute atomic E-state index is 0. The molecule has 0 saturated carbocycles. The number of rotatable bonds is 18. The second-order valence-electron chi connectivity index (χ2n) is 7.71. The van der Waals surface area contributed by atoms with E-state index >= 15 is 0 Å². The average molecular weight is 407 g/mol. The highest BCUT2D eigenvalue weighted by Crippen LogP contribution is 2.12. The zero-order chi connectivity index (χ0) is 17.2. The Bertz CT molecular complexity index is 216. The standard InChI is InChI=1S/C22H47N.BrH/c1-5-8-9-10-11-12-13-14-15-16-17-18-19-20-21-23(4)22(6-2)7-3;/h22H,5-21H2,1-4H3;1H.